The number of halogens is 1. The SMILES string of the molecule is CN(Cc1ccccc1O)C(=O)Cc1cccc(Br)c1. The highest BCUT2D eigenvalue weighted by Gasteiger charge is 2.12. The summed E-state index contributed by atoms with van der Waals surface area (Å²) in [5.74, 6) is 0.237. The van der Waals surface area contributed by atoms with Crippen molar-refractivity contribution >= 4 is 21.8 Å². The monoisotopic (exact) mass is 333 g/mol. The Morgan fingerprint density at radius 1 is 1.20 bits per heavy atom. The van der Waals surface area contributed by atoms with Crippen LogP contribution in [-0.4, -0.2) is 23.0 Å². The number of nitrogens with zero attached hydrogens (tertiary/aromatic N) is 1. The van der Waals surface area contributed by atoms with E-state index in [1.165, 1.54) is 0 Å². The summed E-state index contributed by atoms with van der Waals surface area (Å²) in [7, 11) is 1.74. The highest BCUT2D eigenvalue weighted by Crippen LogP contribution is 2.18. The van der Waals surface area contributed by atoms with Gasteiger partial charge in [0.15, 0.2) is 0 Å². The summed E-state index contributed by atoms with van der Waals surface area (Å²) in [5, 5.41) is 9.72. The Bertz CT molecular complexity index is 613. The fourth-order valence-corrected chi connectivity index (χ4v) is 2.39. The van der Waals surface area contributed by atoms with Crippen molar-refractivity contribution in [2.45, 2.75) is 13.0 Å². The van der Waals surface area contributed by atoms with Crippen LogP contribution in [-0.2, 0) is 17.8 Å². The summed E-state index contributed by atoms with van der Waals surface area (Å²) in [6.45, 7) is 0.402. The van der Waals surface area contributed by atoms with Crippen molar-refractivity contribution < 1.29 is 9.90 Å². The minimum atomic E-state index is 0.0198. The summed E-state index contributed by atoms with van der Waals surface area (Å²) in [5.41, 5.74) is 1.71. The van der Waals surface area contributed by atoms with Crippen molar-refractivity contribution in [1.82, 2.24) is 4.90 Å². The summed E-state index contributed by atoms with van der Waals surface area (Å²) >= 11 is 3.39. The van der Waals surface area contributed by atoms with Gasteiger partial charge in [-0.05, 0) is 23.8 Å². The first-order valence-corrected chi connectivity index (χ1v) is 7.11. The highest BCUT2D eigenvalue weighted by molar-refractivity contribution is 9.10. The molecule has 0 heterocycles. The fraction of sp³-hybridized carbons (Fsp3) is 0.188. The Morgan fingerprint density at radius 3 is 2.65 bits per heavy atom. The molecule has 0 fully saturated rings. The Kier molecular flexibility index (Phi) is 4.79. The molecular weight excluding hydrogens is 318 g/mol. The van der Waals surface area contributed by atoms with Crippen molar-refractivity contribution in [2.75, 3.05) is 7.05 Å². The van der Waals surface area contributed by atoms with Crippen LogP contribution >= 0.6 is 15.9 Å². The van der Waals surface area contributed by atoms with E-state index in [4.69, 9.17) is 0 Å². The number of rotatable bonds is 4. The maximum Gasteiger partial charge on any atom is 0.227 e. The minimum Gasteiger partial charge on any atom is -0.508 e. The van der Waals surface area contributed by atoms with E-state index in [-0.39, 0.29) is 11.7 Å². The molecule has 0 unspecified atom stereocenters. The maximum absolute atomic E-state index is 12.2. The third kappa shape index (κ3) is 3.84. The molecule has 1 amide bonds. The van der Waals surface area contributed by atoms with Crippen LogP contribution in [0.3, 0.4) is 0 Å². The quantitative estimate of drug-likeness (QED) is 0.931. The van der Waals surface area contributed by atoms with Gasteiger partial charge in [0.25, 0.3) is 0 Å². The first-order valence-electron chi connectivity index (χ1n) is 6.31. The molecule has 0 aliphatic heterocycles. The first kappa shape index (κ1) is 14.6. The van der Waals surface area contributed by atoms with Gasteiger partial charge in [-0.3, -0.25) is 4.79 Å². The molecule has 0 aliphatic rings. The van der Waals surface area contributed by atoms with Gasteiger partial charge in [-0.2, -0.15) is 0 Å². The molecule has 0 saturated carbocycles. The second-order valence-electron chi connectivity index (χ2n) is 4.69. The molecule has 0 saturated heterocycles. The molecule has 4 heteroatoms. The first-order chi connectivity index (χ1) is 9.56. The topological polar surface area (TPSA) is 40.5 Å². The molecule has 0 spiro atoms. The molecule has 0 aromatic heterocycles. The van der Waals surface area contributed by atoms with Crippen LogP contribution < -0.4 is 0 Å². The van der Waals surface area contributed by atoms with E-state index in [0.29, 0.717) is 13.0 Å². The van der Waals surface area contributed by atoms with Crippen molar-refractivity contribution in [3.8, 4) is 5.75 Å². The summed E-state index contributed by atoms with van der Waals surface area (Å²) in [6, 6.07) is 14.8. The highest BCUT2D eigenvalue weighted by atomic mass is 79.9. The molecule has 0 aliphatic carbocycles. The van der Waals surface area contributed by atoms with Gasteiger partial charge in [0, 0.05) is 23.6 Å². The number of benzene rings is 2. The predicted molar refractivity (Wildman–Crippen MR) is 82.4 cm³/mol. The van der Waals surface area contributed by atoms with Crippen LogP contribution in [0, 0.1) is 0 Å². The number of aromatic hydroxyl groups is 1. The molecule has 0 atom stereocenters. The van der Waals surface area contributed by atoms with Crippen LogP contribution in [0.15, 0.2) is 53.0 Å². The summed E-state index contributed by atoms with van der Waals surface area (Å²) < 4.78 is 0.964. The van der Waals surface area contributed by atoms with Gasteiger partial charge >= 0.3 is 0 Å². The number of amides is 1. The van der Waals surface area contributed by atoms with Crippen molar-refractivity contribution in [2.24, 2.45) is 0 Å². The predicted octanol–water partition coefficient (Wildman–Crippen LogP) is 3.36. The third-order valence-corrected chi connectivity index (χ3v) is 3.56. The lowest BCUT2D eigenvalue weighted by molar-refractivity contribution is -0.129. The van der Waals surface area contributed by atoms with Crippen LogP contribution in [0.4, 0.5) is 0 Å². The molecule has 0 radical (unpaired) electrons. The van der Waals surface area contributed by atoms with Gasteiger partial charge in [-0.25, -0.2) is 0 Å². The second-order valence-corrected chi connectivity index (χ2v) is 5.60. The summed E-state index contributed by atoms with van der Waals surface area (Å²) in [6.07, 6.45) is 0.351. The molecule has 0 bridgehead atoms. The maximum atomic E-state index is 12.2. The minimum absolute atomic E-state index is 0.0198. The number of para-hydroxylation sites is 1. The largest absolute Gasteiger partial charge is 0.508 e. The van der Waals surface area contributed by atoms with Crippen LogP contribution in [0.1, 0.15) is 11.1 Å². The van der Waals surface area contributed by atoms with Gasteiger partial charge in [-0.1, -0.05) is 46.3 Å². The number of phenolic OH excluding ortho intramolecular Hbond substituents is 1. The number of hydrogen-bond donors (Lipinski definition) is 1. The second kappa shape index (κ2) is 6.57. The van der Waals surface area contributed by atoms with Gasteiger partial charge < -0.3 is 10.0 Å². The Morgan fingerprint density at radius 2 is 1.95 bits per heavy atom. The van der Waals surface area contributed by atoms with Gasteiger partial charge in [0.2, 0.25) is 5.91 Å². The van der Waals surface area contributed by atoms with Crippen LogP contribution in [0.2, 0.25) is 0 Å². The Hall–Kier alpha value is -1.81. The number of hydrogen-bond acceptors (Lipinski definition) is 2. The standard InChI is InChI=1S/C16H16BrNO2/c1-18(11-13-6-2-3-8-15(13)19)16(20)10-12-5-4-7-14(17)9-12/h2-9,19H,10-11H2,1H3. The lowest BCUT2D eigenvalue weighted by Crippen LogP contribution is -2.27. The fourth-order valence-electron chi connectivity index (χ4n) is 1.94. The van der Waals surface area contributed by atoms with E-state index < -0.39 is 0 Å². The number of likely N-dealkylation sites (N-methyl/N-ethyl adjacent to an activating group) is 1. The van der Waals surface area contributed by atoms with Gasteiger partial charge in [-0.15, -0.1) is 0 Å². The lowest BCUT2D eigenvalue weighted by Gasteiger charge is -2.18. The van der Waals surface area contributed by atoms with E-state index in [1.807, 2.05) is 36.4 Å². The molecule has 3 nitrogen and oxygen atoms in total. The molecule has 104 valence electrons. The molecular formula is C16H16BrNO2. The van der Waals surface area contributed by atoms with E-state index in [1.54, 1.807) is 24.1 Å². The van der Waals surface area contributed by atoms with E-state index in [0.717, 1.165) is 15.6 Å². The zero-order valence-electron chi connectivity index (χ0n) is 11.2. The zero-order chi connectivity index (χ0) is 14.5. The smallest absolute Gasteiger partial charge is 0.227 e. The Labute approximate surface area is 127 Å². The number of phenols is 1. The Balaban J connectivity index is 2.01. The van der Waals surface area contributed by atoms with Gasteiger partial charge in [0.1, 0.15) is 5.75 Å². The van der Waals surface area contributed by atoms with Crippen molar-refractivity contribution in [3.05, 3.63) is 64.1 Å². The molecule has 20 heavy (non-hydrogen) atoms. The molecule has 1 N–H and O–H groups in total. The number of carbonyl (C=O) groups is 1. The molecule has 2 aromatic rings. The van der Waals surface area contributed by atoms with Crippen molar-refractivity contribution in [1.29, 1.82) is 0 Å². The zero-order valence-corrected chi connectivity index (χ0v) is 12.8. The average molecular weight is 334 g/mol. The van der Waals surface area contributed by atoms with E-state index in [9.17, 15) is 9.90 Å². The van der Waals surface area contributed by atoms with Crippen LogP contribution in [0.25, 0.3) is 0 Å². The summed E-state index contributed by atoms with van der Waals surface area (Å²) in [4.78, 5) is 13.8. The molecule has 2 rings (SSSR count). The van der Waals surface area contributed by atoms with Crippen LogP contribution in [0.5, 0.6) is 5.75 Å². The van der Waals surface area contributed by atoms with Crippen molar-refractivity contribution in [3.63, 3.8) is 0 Å². The van der Waals surface area contributed by atoms with E-state index >= 15 is 0 Å². The average Bonchev–Trinajstić information content (AvgIpc) is 2.41. The molecule has 2 aromatic carbocycles. The lowest BCUT2D eigenvalue weighted by atomic mass is 10.1. The normalized spacial score (nSPS) is 10.3. The van der Waals surface area contributed by atoms with E-state index in [2.05, 4.69) is 15.9 Å². The number of carbonyl (C=O) groups excluding carboxylic acids is 1. The third-order valence-electron chi connectivity index (χ3n) is 3.07. The van der Waals surface area contributed by atoms with Gasteiger partial charge in [0.05, 0.1) is 6.42 Å².